The molecule has 0 bridgehead atoms. The van der Waals surface area contributed by atoms with Gasteiger partial charge >= 0.3 is 18.0 Å². The van der Waals surface area contributed by atoms with E-state index in [0.29, 0.717) is 11.2 Å². The van der Waals surface area contributed by atoms with E-state index in [9.17, 15) is 19.2 Å². The smallest absolute Gasteiger partial charge is 0.315 e. The Morgan fingerprint density at radius 2 is 1.95 bits per heavy atom. The van der Waals surface area contributed by atoms with Crippen LogP contribution in [0, 0.1) is 12.5 Å². The van der Waals surface area contributed by atoms with Crippen molar-refractivity contribution in [1.29, 1.82) is 0 Å². The van der Waals surface area contributed by atoms with Gasteiger partial charge < -0.3 is 10.2 Å². The second kappa shape index (κ2) is 10.1. The summed E-state index contributed by atoms with van der Waals surface area (Å²) in [5.41, 5.74) is 1.12. The zero-order valence-electron chi connectivity index (χ0n) is 21.8. The molecule has 0 aliphatic carbocycles. The Kier molecular flexibility index (Phi) is 6.82. The molecule has 2 N–H and O–H groups in total. The zero-order valence-corrected chi connectivity index (χ0v) is 22.6. The second-order valence-corrected chi connectivity index (χ2v) is 11.4. The van der Waals surface area contributed by atoms with E-state index in [4.69, 9.17) is 6.57 Å². The summed E-state index contributed by atoms with van der Waals surface area (Å²) in [7, 11) is 1.42. The Labute approximate surface area is 229 Å². The topological polar surface area (TPSA) is 116 Å². The van der Waals surface area contributed by atoms with Crippen LogP contribution in [-0.2, 0) is 24.6 Å². The number of para-hydroxylation sites is 2. The molecule has 0 saturated carbocycles. The van der Waals surface area contributed by atoms with E-state index >= 15 is 0 Å². The van der Waals surface area contributed by atoms with E-state index in [-0.39, 0.29) is 36.3 Å². The standard InChI is InChI=1S/C28H28N6O4S/c1-16(2)13-20(33(4)25(37)23(35)32-27-31-19-11-7-8-12-21(19)39-27)24(36)34-15-28(14-22(34)29-3)17-9-5-6-10-18(17)30-26(28)38/h5-12,16,20,22H,13-15H2,1-2,4H3,(H,30,38)(H,31,32,35)/t20-,22-,28-/m0/s1. The monoisotopic (exact) mass is 544 g/mol. The van der Waals surface area contributed by atoms with Crippen molar-refractivity contribution in [3.8, 4) is 0 Å². The van der Waals surface area contributed by atoms with Gasteiger partial charge in [-0.25, -0.2) is 11.6 Å². The van der Waals surface area contributed by atoms with Crippen LogP contribution < -0.4 is 10.6 Å². The van der Waals surface area contributed by atoms with Crippen molar-refractivity contribution in [2.24, 2.45) is 5.92 Å². The average Bonchev–Trinajstić information content (AvgIpc) is 3.59. The van der Waals surface area contributed by atoms with Gasteiger partial charge in [0.05, 0.1) is 16.6 Å². The summed E-state index contributed by atoms with van der Waals surface area (Å²) < 4.78 is 0.868. The van der Waals surface area contributed by atoms with Gasteiger partial charge in [-0.1, -0.05) is 55.5 Å². The SMILES string of the molecule is [C-]#[N+][C@@H]1C[C@@]2(CN1C(=O)[C@H](CC(C)C)N(C)C(=O)C(=O)Nc1nc3ccccc3s1)C(=O)Nc1ccccc12. The third-order valence-electron chi connectivity index (χ3n) is 7.36. The first kappa shape index (κ1) is 26.3. The third kappa shape index (κ3) is 4.61. The van der Waals surface area contributed by atoms with Gasteiger partial charge in [-0.05, 0) is 36.1 Å². The average molecular weight is 545 g/mol. The number of nitrogens with one attached hydrogen (secondary N) is 2. The largest absolute Gasteiger partial charge is 0.325 e. The Bertz CT molecular complexity index is 1490. The molecule has 3 aromatic rings. The first-order chi connectivity index (χ1) is 18.6. The number of hydrogen-bond donors (Lipinski definition) is 2. The van der Waals surface area contributed by atoms with Crippen molar-refractivity contribution < 1.29 is 19.2 Å². The first-order valence-electron chi connectivity index (χ1n) is 12.7. The van der Waals surface area contributed by atoms with Gasteiger partial charge in [0, 0.05) is 19.3 Å². The van der Waals surface area contributed by atoms with Crippen LogP contribution >= 0.6 is 11.3 Å². The Balaban J connectivity index is 1.38. The summed E-state index contributed by atoms with van der Waals surface area (Å²) >= 11 is 1.25. The molecule has 0 radical (unpaired) electrons. The second-order valence-electron chi connectivity index (χ2n) is 10.4. The van der Waals surface area contributed by atoms with Crippen molar-refractivity contribution in [2.75, 3.05) is 24.2 Å². The number of carbonyl (C=O) groups is 4. The molecule has 1 spiro atoms. The summed E-state index contributed by atoms with van der Waals surface area (Å²) in [6.07, 6.45) is -0.425. The lowest BCUT2D eigenvalue weighted by molar-refractivity contribution is -0.149. The molecule has 2 aliphatic rings. The summed E-state index contributed by atoms with van der Waals surface area (Å²) in [6, 6.07) is 13.7. The fraction of sp³-hybridized carbons (Fsp3) is 0.357. The first-order valence-corrected chi connectivity index (χ1v) is 13.5. The van der Waals surface area contributed by atoms with Crippen molar-refractivity contribution in [2.45, 2.75) is 44.3 Å². The van der Waals surface area contributed by atoms with E-state index in [1.165, 1.54) is 23.3 Å². The van der Waals surface area contributed by atoms with E-state index < -0.39 is 35.3 Å². The number of amides is 4. The number of likely N-dealkylation sites (tertiary alicyclic amines) is 1. The molecule has 1 aromatic heterocycles. The molecule has 3 atom stereocenters. The van der Waals surface area contributed by atoms with Crippen LogP contribution in [0.3, 0.4) is 0 Å². The molecule has 4 amide bonds. The van der Waals surface area contributed by atoms with Crippen LogP contribution in [0.1, 0.15) is 32.3 Å². The Hall–Kier alpha value is -4.30. The van der Waals surface area contributed by atoms with Gasteiger partial charge in [0.15, 0.2) is 5.13 Å². The summed E-state index contributed by atoms with van der Waals surface area (Å²) in [6.45, 7) is 11.6. The minimum Gasteiger partial charge on any atom is -0.325 e. The van der Waals surface area contributed by atoms with Gasteiger partial charge in [0.1, 0.15) is 11.5 Å². The number of nitrogens with zero attached hydrogens (tertiary/aromatic N) is 4. The molecule has 1 saturated heterocycles. The van der Waals surface area contributed by atoms with E-state index in [1.54, 1.807) is 6.07 Å². The molecule has 0 unspecified atom stereocenters. The zero-order chi connectivity index (χ0) is 27.9. The predicted molar refractivity (Wildman–Crippen MR) is 148 cm³/mol. The summed E-state index contributed by atoms with van der Waals surface area (Å²) in [4.78, 5) is 63.8. The van der Waals surface area contributed by atoms with Crippen LogP contribution in [-0.4, -0.2) is 64.2 Å². The van der Waals surface area contributed by atoms with E-state index in [1.807, 2.05) is 56.3 Å². The molecular weight excluding hydrogens is 516 g/mol. The highest BCUT2D eigenvalue weighted by Gasteiger charge is 2.59. The minimum absolute atomic E-state index is 0.0139. The summed E-state index contributed by atoms with van der Waals surface area (Å²) in [5, 5.41) is 5.73. The highest BCUT2D eigenvalue weighted by molar-refractivity contribution is 7.22. The number of anilines is 2. The van der Waals surface area contributed by atoms with Crippen LogP contribution in [0.2, 0.25) is 0 Å². The molecule has 1 fully saturated rings. The maximum atomic E-state index is 14.0. The van der Waals surface area contributed by atoms with Crippen LogP contribution in [0.25, 0.3) is 15.1 Å². The highest BCUT2D eigenvalue weighted by atomic mass is 32.1. The van der Waals surface area contributed by atoms with Gasteiger partial charge in [0.25, 0.3) is 5.91 Å². The number of benzene rings is 2. The molecule has 10 nitrogen and oxygen atoms in total. The van der Waals surface area contributed by atoms with E-state index in [0.717, 1.165) is 15.2 Å². The Morgan fingerprint density at radius 1 is 1.23 bits per heavy atom. The minimum atomic E-state index is -1.03. The fourth-order valence-electron chi connectivity index (χ4n) is 5.40. The number of carbonyl (C=O) groups excluding carboxylic acids is 4. The lowest BCUT2D eigenvalue weighted by Gasteiger charge is -2.31. The third-order valence-corrected chi connectivity index (χ3v) is 8.32. The molecule has 2 aliphatic heterocycles. The molecule has 200 valence electrons. The molecule has 3 heterocycles. The number of rotatable bonds is 5. The van der Waals surface area contributed by atoms with Gasteiger partial charge in [-0.15, -0.1) is 0 Å². The molecule has 39 heavy (non-hydrogen) atoms. The summed E-state index contributed by atoms with van der Waals surface area (Å²) in [5.74, 6) is -2.47. The lowest BCUT2D eigenvalue weighted by atomic mass is 9.80. The van der Waals surface area contributed by atoms with Crippen molar-refractivity contribution in [1.82, 2.24) is 14.8 Å². The van der Waals surface area contributed by atoms with Gasteiger partial charge in [-0.2, -0.15) is 0 Å². The van der Waals surface area contributed by atoms with Gasteiger partial charge in [-0.3, -0.25) is 34.2 Å². The predicted octanol–water partition coefficient (Wildman–Crippen LogP) is 3.48. The quantitative estimate of drug-likeness (QED) is 0.377. The van der Waals surface area contributed by atoms with Crippen molar-refractivity contribution in [3.63, 3.8) is 0 Å². The van der Waals surface area contributed by atoms with Crippen molar-refractivity contribution >= 4 is 56.0 Å². The van der Waals surface area contributed by atoms with Crippen LogP contribution in [0.15, 0.2) is 48.5 Å². The number of hydrogen-bond acceptors (Lipinski definition) is 6. The number of likely N-dealkylation sites (N-methyl/N-ethyl adjacent to an activating group) is 1. The van der Waals surface area contributed by atoms with Crippen molar-refractivity contribution in [3.05, 3.63) is 65.5 Å². The normalized spacial score (nSPS) is 20.5. The maximum absolute atomic E-state index is 14.0. The molecular formula is C28H28N6O4S. The number of aromatic nitrogens is 1. The number of fused-ring (bicyclic) bond motifs is 3. The van der Waals surface area contributed by atoms with E-state index in [2.05, 4.69) is 20.5 Å². The van der Waals surface area contributed by atoms with Crippen LogP contribution in [0.4, 0.5) is 10.8 Å². The fourth-order valence-corrected chi connectivity index (χ4v) is 6.26. The van der Waals surface area contributed by atoms with Gasteiger partial charge in [0.2, 0.25) is 5.91 Å². The molecule has 2 aromatic carbocycles. The highest BCUT2D eigenvalue weighted by Crippen LogP contribution is 2.47. The molecule has 11 heteroatoms. The maximum Gasteiger partial charge on any atom is 0.315 e. The van der Waals surface area contributed by atoms with Crippen LogP contribution in [0.5, 0.6) is 0 Å². The Morgan fingerprint density at radius 3 is 2.67 bits per heavy atom. The lowest BCUT2D eigenvalue weighted by Crippen LogP contribution is -2.53. The molecule has 5 rings (SSSR count). The number of thiazole rings is 1.